The summed E-state index contributed by atoms with van der Waals surface area (Å²) in [7, 11) is 0. The molecule has 1 aliphatic carbocycles. The Kier molecular flexibility index (Phi) is 4.73. The molecule has 2 saturated heterocycles. The fourth-order valence-electron chi connectivity index (χ4n) is 5.08. The molecule has 30 heavy (non-hydrogen) atoms. The molecule has 5 nitrogen and oxygen atoms in total. The minimum absolute atomic E-state index is 0.158. The lowest BCUT2D eigenvalue weighted by atomic mass is 9.63. The first kappa shape index (κ1) is 19.4. The Morgan fingerprint density at radius 3 is 2.40 bits per heavy atom. The topological polar surface area (TPSA) is 49.9 Å². The summed E-state index contributed by atoms with van der Waals surface area (Å²) in [4.78, 5) is 29.8. The van der Waals surface area contributed by atoms with Crippen molar-refractivity contribution in [2.75, 3.05) is 19.6 Å². The lowest BCUT2D eigenvalue weighted by molar-refractivity contribution is -0.140. The third kappa shape index (κ3) is 3.25. The van der Waals surface area contributed by atoms with E-state index >= 15 is 0 Å². The van der Waals surface area contributed by atoms with Crippen molar-refractivity contribution in [2.45, 2.75) is 43.2 Å². The maximum atomic E-state index is 13.6. The number of halogens is 1. The summed E-state index contributed by atoms with van der Waals surface area (Å²) in [6.45, 7) is 2.15. The van der Waals surface area contributed by atoms with Crippen LogP contribution in [0.1, 0.15) is 36.8 Å². The van der Waals surface area contributed by atoms with Gasteiger partial charge in [0, 0.05) is 24.5 Å². The van der Waals surface area contributed by atoms with E-state index in [4.69, 9.17) is 16.3 Å². The van der Waals surface area contributed by atoms with Gasteiger partial charge in [-0.1, -0.05) is 60.5 Å². The van der Waals surface area contributed by atoms with Gasteiger partial charge in [0.1, 0.15) is 0 Å². The van der Waals surface area contributed by atoms with Crippen molar-refractivity contribution in [3.8, 4) is 0 Å². The van der Waals surface area contributed by atoms with E-state index in [0.29, 0.717) is 37.6 Å². The van der Waals surface area contributed by atoms with Crippen LogP contribution in [-0.2, 0) is 21.5 Å². The van der Waals surface area contributed by atoms with Crippen molar-refractivity contribution in [1.29, 1.82) is 0 Å². The van der Waals surface area contributed by atoms with Crippen molar-refractivity contribution < 1.29 is 14.3 Å². The first-order chi connectivity index (χ1) is 14.5. The Balaban J connectivity index is 1.30. The lowest BCUT2D eigenvalue weighted by Crippen LogP contribution is -2.51. The molecule has 1 atom stereocenters. The van der Waals surface area contributed by atoms with Crippen molar-refractivity contribution >= 4 is 23.6 Å². The van der Waals surface area contributed by atoms with E-state index in [1.807, 2.05) is 59.5 Å². The second-order valence-corrected chi connectivity index (χ2v) is 9.25. The van der Waals surface area contributed by atoms with Gasteiger partial charge in [-0.2, -0.15) is 0 Å². The average molecular weight is 425 g/mol. The number of carbonyl (C=O) groups excluding carboxylic acids is 2. The number of ether oxygens (including phenoxy) is 1. The number of rotatable bonds is 4. The summed E-state index contributed by atoms with van der Waals surface area (Å²) in [5.41, 5.74) is 1.07. The zero-order valence-corrected chi connectivity index (χ0v) is 17.6. The van der Waals surface area contributed by atoms with Crippen molar-refractivity contribution in [1.82, 2.24) is 9.80 Å². The number of likely N-dealkylation sites (tertiary alicyclic amines) is 1. The molecule has 156 valence electrons. The molecule has 1 saturated carbocycles. The van der Waals surface area contributed by atoms with Gasteiger partial charge >= 0.3 is 6.09 Å². The van der Waals surface area contributed by atoms with Crippen LogP contribution in [0.4, 0.5) is 4.79 Å². The minimum Gasteiger partial charge on any atom is -0.439 e. The molecule has 0 radical (unpaired) electrons. The Labute approximate surface area is 181 Å². The van der Waals surface area contributed by atoms with Crippen LogP contribution in [0.25, 0.3) is 0 Å². The Morgan fingerprint density at radius 2 is 1.73 bits per heavy atom. The molecule has 0 unspecified atom stereocenters. The van der Waals surface area contributed by atoms with Gasteiger partial charge < -0.3 is 9.64 Å². The molecule has 0 aromatic heterocycles. The highest BCUT2D eigenvalue weighted by atomic mass is 35.5. The summed E-state index contributed by atoms with van der Waals surface area (Å²) >= 11 is 6.05. The summed E-state index contributed by atoms with van der Waals surface area (Å²) in [6.07, 6.45) is 3.16. The smallest absolute Gasteiger partial charge is 0.410 e. The van der Waals surface area contributed by atoms with Crippen LogP contribution >= 0.6 is 11.6 Å². The van der Waals surface area contributed by atoms with Gasteiger partial charge in [-0.3, -0.25) is 9.69 Å². The van der Waals surface area contributed by atoms with E-state index in [0.717, 1.165) is 30.4 Å². The van der Waals surface area contributed by atoms with Gasteiger partial charge in [0.2, 0.25) is 5.91 Å². The number of carbonyl (C=O) groups is 2. The van der Waals surface area contributed by atoms with Gasteiger partial charge in [-0.05, 0) is 36.1 Å². The molecule has 2 amide bonds. The van der Waals surface area contributed by atoms with Gasteiger partial charge in [0.05, 0.1) is 18.5 Å². The summed E-state index contributed by atoms with van der Waals surface area (Å²) in [6, 6.07) is 17.6. The van der Waals surface area contributed by atoms with E-state index in [2.05, 4.69) is 0 Å². The first-order valence-corrected chi connectivity index (χ1v) is 10.9. The highest BCUT2D eigenvalue weighted by molar-refractivity contribution is 6.30. The maximum Gasteiger partial charge on any atom is 0.410 e. The molecule has 6 heteroatoms. The Morgan fingerprint density at radius 1 is 1.00 bits per heavy atom. The third-order valence-electron chi connectivity index (χ3n) is 6.87. The molecule has 2 aromatic carbocycles. The molecule has 2 aliphatic heterocycles. The molecule has 5 rings (SSSR count). The van der Waals surface area contributed by atoms with E-state index in [1.54, 1.807) is 4.90 Å². The average Bonchev–Trinajstić information content (AvgIpc) is 3.25. The first-order valence-electron chi connectivity index (χ1n) is 10.6. The van der Waals surface area contributed by atoms with Gasteiger partial charge in [-0.25, -0.2) is 4.79 Å². The molecular weight excluding hydrogens is 400 g/mol. The zero-order valence-electron chi connectivity index (χ0n) is 16.9. The van der Waals surface area contributed by atoms with E-state index < -0.39 is 11.0 Å². The van der Waals surface area contributed by atoms with Crippen molar-refractivity contribution in [3.05, 3.63) is 70.7 Å². The Bertz CT molecular complexity index is 958. The molecule has 3 fully saturated rings. The highest BCUT2D eigenvalue weighted by Gasteiger charge is 2.54. The van der Waals surface area contributed by atoms with E-state index in [-0.39, 0.29) is 12.0 Å². The largest absolute Gasteiger partial charge is 0.439 e. The van der Waals surface area contributed by atoms with E-state index in [1.165, 1.54) is 0 Å². The van der Waals surface area contributed by atoms with Crippen LogP contribution < -0.4 is 0 Å². The van der Waals surface area contributed by atoms with Crippen LogP contribution in [0.2, 0.25) is 5.02 Å². The molecule has 3 aliphatic rings. The monoisotopic (exact) mass is 424 g/mol. The molecule has 2 aromatic rings. The van der Waals surface area contributed by atoms with Crippen LogP contribution in [0, 0.1) is 0 Å². The summed E-state index contributed by atoms with van der Waals surface area (Å²) in [5, 5.41) is 0.678. The standard InChI is InChI=1S/C24H25ClN2O3/c25-20-9-7-19(8-10-20)24(11-4-12-24)21(28)26-14-13-23(16-26)17-27(22(29)30-23)15-18-5-2-1-3-6-18/h1-3,5-10H,4,11-17H2/t23-/m1/s1. The van der Waals surface area contributed by atoms with Crippen LogP contribution in [0.5, 0.6) is 0 Å². The third-order valence-corrected chi connectivity index (χ3v) is 7.13. The highest BCUT2D eigenvalue weighted by Crippen LogP contribution is 2.47. The van der Waals surface area contributed by atoms with Gasteiger partial charge in [0.15, 0.2) is 5.60 Å². The van der Waals surface area contributed by atoms with Crippen molar-refractivity contribution in [3.63, 3.8) is 0 Å². The molecule has 2 heterocycles. The van der Waals surface area contributed by atoms with Crippen LogP contribution in [0.3, 0.4) is 0 Å². The molecule has 0 bridgehead atoms. The number of amides is 2. The number of hydrogen-bond acceptors (Lipinski definition) is 3. The number of hydrogen-bond donors (Lipinski definition) is 0. The second kappa shape index (κ2) is 7.31. The predicted molar refractivity (Wildman–Crippen MR) is 114 cm³/mol. The van der Waals surface area contributed by atoms with E-state index in [9.17, 15) is 9.59 Å². The van der Waals surface area contributed by atoms with Crippen molar-refractivity contribution in [2.24, 2.45) is 0 Å². The molecule has 1 spiro atoms. The number of nitrogens with zero attached hydrogens (tertiary/aromatic N) is 2. The zero-order chi connectivity index (χ0) is 20.8. The summed E-state index contributed by atoms with van der Waals surface area (Å²) < 4.78 is 5.84. The predicted octanol–water partition coefficient (Wildman–Crippen LogP) is 4.39. The fourth-order valence-corrected chi connectivity index (χ4v) is 5.20. The second-order valence-electron chi connectivity index (χ2n) is 8.81. The lowest BCUT2D eigenvalue weighted by Gasteiger charge is -2.43. The van der Waals surface area contributed by atoms with Gasteiger partial charge in [-0.15, -0.1) is 0 Å². The maximum absolute atomic E-state index is 13.6. The molecule has 0 N–H and O–H groups in total. The normalized spacial score (nSPS) is 24.8. The Hall–Kier alpha value is -2.53. The fraction of sp³-hybridized carbons (Fsp3) is 0.417. The minimum atomic E-state index is -0.591. The number of benzene rings is 2. The van der Waals surface area contributed by atoms with Gasteiger partial charge in [0.25, 0.3) is 0 Å². The van der Waals surface area contributed by atoms with Crippen LogP contribution in [0.15, 0.2) is 54.6 Å². The quantitative estimate of drug-likeness (QED) is 0.731. The van der Waals surface area contributed by atoms with Crippen LogP contribution in [-0.4, -0.2) is 47.0 Å². The SMILES string of the molecule is O=C1O[C@@]2(CCN(C(=O)C3(c4ccc(Cl)cc4)CCC3)C2)CN1Cc1ccccc1. The summed E-state index contributed by atoms with van der Waals surface area (Å²) in [5.74, 6) is 0.158. The molecular formula is C24H25ClN2O3.